The highest BCUT2D eigenvalue weighted by Crippen LogP contribution is 2.22. The van der Waals surface area contributed by atoms with E-state index in [0.29, 0.717) is 28.6 Å². The van der Waals surface area contributed by atoms with Gasteiger partial charge in [0.1, 0.15) is 5.75 Å². The second-order valence-electron chi connectivity index (χ2n) is 6.75. The standard InChI is InChI=1S/C23H22ClN3O3/c1-15-12-18(9-10-20(15)24)30-16(2)22(28)27-21-8-4-3-7-19(21)23(29)26-14-17-6-5-11-25-13-17/h3-13,16H,14H2,1-2H3,(H,26,29)(H,27,28). The van der Waals surface area contributed by atoms with E-state index < -0.39 is 6.10 Å². The van der Waals surface area contributed by atoms with Gasteiger partial charge in [0.15, 0.2) is 6.10 Å². The Morgan fingerprint density at radius 3 is 2.67 bits per heavy atom. The number of anilines is 1. The predicted molar refractivity (Wildman–Crippen MR) is 117 cm³/mol. The zero-order valence-electron chi connectivity index (χ0n) is 16.7. The summed E-state index contributed by atoms with van der Waals surface area (Å²) in [6, 6.07) is 15.7. The van der Waals surface area contributed by atoms with Gasteiger partial charge >= 0.3 is 0 Å². The van der Waals surface area contributed by atoms with Crippen LogP contribution in [0.5, 0.6) is 5.75 Å². The van der Waals surface area contributed by atoms with Gasteiger partial charge in [-0.05, 0) is 61.4 Å². The number of aryl methyl sites for hydroxylation is 1. The topological polar surface area (TPSA) is 80.3 Å². The molecule has 1 atom stereocenters. The van der Waals surface area contributed by atoms with Crippen LogP contribution in [0.1, 0.15) is 28.4 Å². The summed E-state index contributed by atoms with van der Waals surface area (Å²) in [5.41, 5.74) is 2.52. The molecule has 0 aliphatic carbocycles. The Kier molecular flexibility index (Phi) is 7.03. The van der Waals surface area contributed by atoms with Crippen LogP contribution in [0.2, 0.25) is 5.02 Å². The SMILES string of the molecule is Cc1cc(OC(C)C(=O)Nc2ccccc2C(=O)NCc2cccnc2)ccc1Cl. The van der Waals surface area contributed by atoms with Crippen molar-refractivity contribution in [3.63, 3.8) is 0 Å². The Morgan fingerprint density at radius 1 is 1.13 bits per heavy atom. The fourth-order valence-electron chi connectivity index (χ4n) is 2.75. The van der Waals surface area contributed by atoms with Gasteiger partial charge in [0, 0.05) is 24.0 Å². The molecule has 1 aromatic heterocycles. The number of nitrogens with zero attached hydrogens (tertiary/aromatic N) is 1. The Morgan fingerprint density at radius 2 is 1.93 bits per heavy atom. The molecule has 30 heavy (non-hydrogen) atoms. The number of para-hydroxylation sites is 1. The normalized spacial score (nSPS) is 11.4. The molecule has 0 saturated heterocycles. The van der Waals surface area contributed by atoms with Gasteiger partial charge in [-0.3, -0.25) is 14.6 Å². The Labute approximate surface area is 180 Å². The molecule has 154 valence electrons. The summed E-state index contributed by atoms with van der Waals surface area (Å²) in [6.07, 6.45) is 2.59. The van der Waals surface area contributed by atoms with Gasteiger partial charge in [-0.15, -0.1) is 0 Å². The Hall–Kier alpha value is -3.38. The van der Waals surface area contributed by atoms with E-state index in [0.717, 1.165) is 11.1 Å². The van der Waals surface area contributed by atoms with Gasteiger partial charge in [0.05, 0.1) is 11.3 Å². The molecule has 2 aromatic carbocycles. The fourth-order valence-corrected chi connectivity index (χ4v) is 2.87. The molecule has 1 unspecified atom stereocenters. The largest absolute Gasteiger partial charge is 0.481 e. The molecule has 0 aliphatic heterocycles. The van der Waals surface area contributed by atoms with Crippen molar-refractivity contribution in [2.45, 2.75) is 26.5 Å². The van der Waals surface area contributed by atoms with Crippen LogP contribution < -0.4 is 15.4 Å². The molecule has 2 amide bonds. The number of carbonyl (C=O) groups excluding carboxylic acids is 2. The molecule has 1 heterocycles. The highest BCUT2D eigenvalue weighted by Gasteiger charge is 2.18. The van der Waals surface area contributed by atoms with Gasteiger partial charge in [-0.2, -0.15) is 0 Å². The predicted octanol–water partition coefficient (Wildman–Crippen LogP) is 4.38. The minimum atomic E-state index is -0.767. The summed E-state index contributed by atoms with van der Waals surface area (Å²) < 4.78 is 5.71. The van der Waals surface area contributed by atoms with Crippen molar-refractivity contribution < 1.29 is 14.3 Å². The molecular formula is C23H22ClN3O3. The molecule has 0 radical (unpaired) electrons. The zero-order chi connectivity index (χ0) is 21.5. The first-order valence-electron chi connectivity index (χ1n) is 9.44. The number of ether oxygens (including phenoxy) is 1. The number of nitrogens with one attached hydrogen (secondary N) is 2. The van der Waals surface area contributed by atoms with Crippen LogP contribution in [0.4, 0.5) is 5.69 Å². The maximum Gasteiger partial charge on any atom is 0.265 e. The number of pyridine rings is 1. The summed E-state index contributed by atoms with van der Waals surface area (Å²) in [6.45, 7) is 3.84. The summed E-state index contributed by atoms with van der Waals surface area (Å²) in [4.78, 5) is 29.3. The highest BCUT2D eigenvalue weighted by molar-refractivity contribution is 6.31. The number of aromatic nitrogens is 1. The molecule has 0 aliphatic rings. The summed E-state index contributed by atoms with van der Waals surface area (Å²) in [7, 11) is 0. The summed E-state index contributed by atoms with van der Waals surface area (Å²) in [5.74, 6) is -0.117. The minimum Gasteiger partial charge on any atom is -0.481 e. The van der Waals surface area contributed by atoms with E-state index in [9.17, 15) is 9.59 Å². The average molecular weight is 424 g/mol. The number of carbonyl (C=O) groups is 2. The van der Waals surface area contributed by atoms with E-state index in [2.05, 4.69) is 15.6 Å². The Balaban J connectivity index is 1.65. The zero-order valence-corrected chi connectivity index (χ0v) is 17.4. The smallest absolute Gasteiger partial charge is 0.265 e. The molecule has 3 rings (SSSR count). The van der Waals surface area contributed by atoms with Crippen LogP contribution in [0.3, 0.4) is 0 Å². The lowest BCUT2D eigenvalue weighted by Gasteiger charge is -2.17. The first-order chi connectivity index (χ1) is 14.4. The number of hydrogen-bond donors (Lipinski definition) is 2. The van der Waals surface area contributed by atoms with Gasteiger partial charge in [0.25, 0.3) is 11.8 Å². The van der Waals surface area contributed by atoms with Gasteiger partial charge < -0.3 is 15.4 Å². The number of halogens is 1. The van der Waals surface area contributed by atoms with Crippen LogP contribution in [0.15, 0.2) is 67.0 Å². The first kappa shape index (κ1) is 21.3. The van der Waals surface area contributed by atoms with Crippen LogP contribution in [-0.4, -0.2) is 22.9 Å². The van der Waals surface area contributed by atoms with E-state index in [1.807, 2.05) is 13.0 Å². The van der Waals surface area contributed by atoms with Crippen LogP contribution in [-0.2, 0) is 11.3 Å². The van der Waals surface area contributed by atoms with E-state index in [4.69, 9.17) is 16.3 Å². The van der Waals surface area contributed by atoms with Gasteiger partial charge in [-0.1, -0.05) is 29.8 Å². The lowest BCUT2D eigenvalue weighted by atomic mass is 10.1. The van der Waals surface area contributed by atoms with Crippen LogP contribution in [0, 0.1) is 6.92 Å². The van der Waals surface area contributed by atoms with Crippen LogP contribution >= 0.6 is 11.6 Å². The van der Waals surface area contributed by atoms with Gasteiger partial charge in [0.2, 0.25) is 0 Å². The average Bonchev–Trinajstić information content (AvgIpc) is 2.75. The molecule has 0 saturated carbocycles. The first-order valence-corrected chi connectivity index (χ1v) is 9.81. The van der Waals surface area contributed by atoms with Crippen molar-refractivity contribution in [2.24, 2.45) is 0 Å². The lowest BCUT2D eigenvalue weighted by Crippen LogP contribution is -2.31. The maximum atomic E-state index is 12.6. The minimum absolute atomic E-state index is 0.295. The third-order valence-electron chi connectivity index (χ3n) is 4.42. The monoisotopic (exact) mass is 423 g/mol. The number of hydrogen-bond acceptors (Lipinski definition) is 4. The Bertz CT molecular complexity index is 1040. The van der Waals surface area contributed by atoms with Crippen molar-refractivity contribution in [3.8, 4) is 5.75 Å². The van der Waals surface area contributed by atoms with E-state index >= 15 is 0 Å². The van der Waals surface area contributed by atoms with E-state index in [-0.39, 0.29) is 11.8 Å². The third kappa shape index (κ3) is 5.58. The van der Waals surface area contributed by atoms with Crippen LogP contribution in [0.25, 0.3) is 0 Å². The van der Waals surface area contributed by atoms with Crippen molar-refractivity contribution in [3.05, 3.63) is 88.7 Å². The molecule has 0 spiro atoms. The van der Waals surface area contributed by atoms with E-state index in [1.165, 1.54) is 0 Å². The second kappa shape index (κ2) is 9.89. The number of rotatable bonds is 7. The van der Waals surface area contributed by atoms with Gasteiger partial charge in [-0.25, -0.2) is 0 Å². The van der Waals surface area contributed by atoms with Crippen molar-refractivity contribution >= 4 is 29.1 Å². The third-order valence-corrected chi connectivity index (χ3v) is 4.84. The molecule has 0 bridgehead atoms. The maximum absolute atomic E-state index is 12.6. The molecule has 2 N–H and O–H groups in total. The summed E-state index contributed by atoms with van der Waals surface area (Å²) in [5, 5.41) is 6.24. The van der Waals surface area contributed by atoms with Crippen molar-refractivity contribution in [1.29, 1.82) is 0 Å². The van der Waals surface area contributed by atoms with Crippen molar-refractivity contribution in [2.75, 3.05) is 5.32 Å². The quantitative estimate of drug-likeness (QED) is 0.591. The number of amides is 2. The summed E-state index contributed by atoms with van der Waals surface area (Å²) >= 11 is 6.02. The molecule has 0 fully saturated rings. The fraction of sp³-hybridized carbons (Fsp3) is 0.174. The highest BCUT2D eigenvalue weighted by atomic mass is 35.5. The van der Waals surface area contributed by atoms with E-state index in [1.54, 1.807) is 67.8 Å². The molecule has 3 aromatic rings. The van der Waals surface area contributed by atoms with Crippen molar-refractivity contribution in [1.82, 2.24) is 10.3 Å². The molecule has 6 nitrogen and oxygen atoms in total. The number of benzene rings is 2. The lowest BCUT2D eigenvalue weighted by molar-refractivity contribution is -0.122. The molecule has 7 heteroatoms. The molecular weight excluding hydrogens is 402 g/mol. The second-order valence-corrected chi connectivity index (χ2v) is 7.16.